The second kappa shape index (κ2) is 7.63. The predicted octanol–water partition coefficient (Wildman–Crippen LogP) is 3.62. The molecule has 5 rings (SSSR count). The lowest BCUT2D eigenvalue weighted by atomic mass is 9.76. The van der Waals surface area contributed by atoms with Crippen molar-refractivity contribution in [2.75, 3.05) is 36.1 Å². The van der Waals surface area contributed by atoms with Crippen LogP contribution in [0.25, 0.3) is 0 Å². The van der Waals surface area contributed by atoms with Crippen molar-refractivity contribution in [2.45, 2.75) is 44.4 Å². The number of ether oxygens (including phenoxy) is 1. The minimum Gasteiger partial charge on any atom is -0.497 e. The van der Waals surface area contributed by atoms with Crippen molar-refractivity contribution in [3.05, 3.63) is 46.7 Å². The molecule has 7 heteroatoms. The van der Waals surface area contributed by atoms with Crippen LogP contribution in [0.15, 0.2) is 35.5 Å². The maximum absolute atomic E-state index is 13.0. The number of benzene rings is 1. The summed E-state index contributed by atoms with van der Waals surface area (Å²) >= 11 is 0. The number of anilines is 3. The fraction of sp³-hybridized carbons (Fsp3) is 0.435. The highest BCUT2D eigenvalue weighted by Crippen LogP contribution is 2.47. The van der Waals surface area contributed by atoms with Crippen LogP contribution in [0.1, 0.15) is 55.6 Å². The van der Waals surface area contributed by atoms with Crippen molar-refractivity contribution >= 4 is 23.4 Å². The van der Waals surface area contributed by atoms with Crippen LogP contribution in [0.2, 0.25) is 0 Å². The summed E-state index contributed by atoms with van der Waals surface area (Å²) in [6.45, 7) is 1.90. The van der Waals surface area contributed by atoms with E-state index in [1.807, 2.05) is 24.3 Å². The van der Waals surface area contributed by atoms with Crippen LogP contribution < -0.4 is 20.7 Å². The summed E-state index contributed by atoms with van der Waals surface area (Å²) in [5.41, 5.74) is 10.1. The third-order valence-corrected chi connectivity index (χ3v) is 6.33. The van der Waals surface area contributed by atoms with Crippen molar-refractivity contribution in [2.24, 2.45) is 0 Å². The number of methoxy groups -OCH3 is 1. The van der Waals surface area contributed by atoms with Gasteiger partial charge < -0.3 is 20.7 Å². The molecule has 1 aliphatic carbocycles. The Morgan fingerprint density at radius 2 is 1.97 bits per heavy atom. The number of carbonyl (C=O) groups is 1. The lowest BCUT2D eigenvalue weighted by Gasteiger charge is -2.35. The molecule has 1 saturated heterocycles. The van der Waals surface area contributed by atoms with Crippen LogP contribution in [-0.2, 0) is 4.79 Å². The molecule has 30 heavy (non-hydrogen) atoms. The summed E-state index contributed by atoms with van der Waals surface area (Å²) in [6.07, 6.45) is 5.77. The Morgan fingerprint density at radius 3 is 2.77 bits per heavy atom. The van der Waals surface area contributed by atoms with Gasteiger partial charge in [0, 0.05) is 42.3 Å². The number of Topliss-reactive ketones (excluding diaryl/α,β-unsaturated/α-hetero) is 1. The molecule has 156 valence electrons. The maximum atomic E-state index is 13.0. The van der Waals surface area contributed by atoms with Gasteiger partial charge in [0.1, 0.15) is 17.4 Å². The first-order valence-corrected chi connectivity index (χ1v) is 10.8. The fourth-order valence-electron chi connectivity index (χ4n) is 4.86. The first-order chi connectivity index (χ1) is 14.7. The first kappa shape index (κ1) is 18.9. The normalized spacial score (nSPS) is 21.0. The SMILES string of the molecule is COc1cccc([C@@H]2C3=C(CCCC3=O)Nc3nc(N4CCCCC4)nc(N)c32)c1. The molecule has 2 aliphatic heterocycles. The third kappa shape index (κ3) is 3.18. The van der Waals surface area contributed by atoms with Crippen molar-refractivity contribution in [1.29, 1.82) is 0 Å². The van der Waals surface area contributed by atoms with E-state index >= 15 is 0 Å². The Hall–Kier alpha value is -3.09. The zero-order valence-corrected chi connectivity index (χ0v) is 17.3. The number of allylic oxidation sites excluding steroid dienone is 2. The number of carbonyl (C=O) groups excluding carboxylic acids is 1. The smallest absolute Gasteiger partial charge is 0.229 e. The summed E-state index contributed by atoms with van der Waals surface area (Å²) in [5.74, 6) is 2.47. The molecule has 2 aromatic rings. The quantitative estimate of drug-likeness (QED) is 0.805. The lowest BCUT2D eigenvalue weighted by Crippen LogP contribution is -2.33. The average molecular weight is 406 g/mol. The standard InChI is InChI=1S/C23H27N5O2/c1-30-15-8-5-7-14(13-15)18-19-16(9-6-10-17(19)29)25-22-20(18)21(24)26-23(27-22)28-11-3-2-4-12-28/h5,7-8,13,18H,2-4,6,9-12H2,1H3,(H3,24,25,26,27)/t18-/m1/s1. The minimum atomic E-state index is -0.283. The van der Waals surface area contributed by atoms with Crippen LogP contribution in [0.5, 0.6) is 5.75 Å². The van der Waals surface area contributed by atoms with Crippen molar-refractivity contribution < 1.29 is 9.53 Å². The molecular formula is C23H27N5O2. The molecule has 0 radical (unpaired) electrons. The van der Waals surface area contributed by atoms with E-state index in [2.05, 4.69) is 15.2 Å². The zero-order chi connectivity index (χ0) is 20.7. The van der Waals surface area contributed by atoms with Gasteiger partial charge in [-0.15, -0.1) is 0 Å². The lowest BCUT2D eigenvalue weighted by molar-refractivity contribution is -0.116. The minimum absolute atomic E-state index is 0.168. The highest BCUT2D eigenvalue weighted by molar-refractivity contribution is 6.01. The number of aromatic nitrogens is 2. The number of nitrogen functional groups attached to an aromatic ring is 1. The average Bonchev–Trinajstić information content (AvgIpc) is 2.78. The highest BCUT2D eigenvalue weighted by Gasteiger charge is 2.38. The monoisotopic (exact) mass is 405 g/mol. The number of hydrogen-bond acceptors (Lipinski definition) is 7. The van der Waals surface area contributed by atoms with E-state index < -0.39 is 0 Å². The van der Waals surface area contributed by atoms with Gasteiger partial charge in [-0.25, -0.2) is 0 Å². The Morgan fingerprint density at radius 1 is 1.13 bits per heavy atom. The number of nitrogens with two attached hydrogens (primary N) is 1. The van der Waals surface area contributed by atoms with Gasteiger partial charge in [-0.1, -0.05) is 12.1 Å². The number of nitrogens with one attached hydrogen (secondary N) is 1. The van der Waals surface area contributed by atoms with Crippen molar-refractivity contribution in [3.8, 4) is 5.75 Å². The molecular weight excluding hydrogens is 378 g/mol. The predicted molar refractivity (Wildman–Crippen MR) is 117 cm³/mol. The van der Waals surface area contributed by atoms with Gasteiger partial charge in [-0.05, 0) is 49.8 Å². The van der Waals surface area contributed by atoms with Gasteiger partial charge >= 0.3 is 0 Å². The number of piperidine rings is 1. The number of fused-ring (bicyclic) bond motifs is 1. The van der Waals surface area contributed by atoms with E-state index in [9.17, 15) is 4.79 Å². The zero-order valence-electron chi connectivity index (χ0n) is 17.3. The Kier molecular flexibility index (Phi) is 4.81. The maximum Gasteiger partial charge on any atom is 0.229 e. The second-order valence-corrected chi connectivity index (χ2v) is 8.22. The first-order valence-electron chi connectivity index (χ1n) is 10.8. The fourth-order valence-corrected chi connectivity index (χ4v) is 4.86. The van der Waals surface area contributed by atoms with Crippen molar-refractivity contribution in [1.82, 2.24) is 9.97 Å². The van der Waals surface area contributed by atoms with Gasteiger partial charge in [0.15, 0.2) is 5.78 Å². The van der Waals surface area contributed by atoms with Crippen LogP contribution >= 0.6 is 0 Å². The molecule has 0 spiro atoms. The summed E-state index contributed by atoms with van der Waals surface area (Å²) in [6, 6.07) is 7.85. The Bertz CT molecular complexity index is 1030. The van der Waals surface area contributed by atoms with Crippen LogP contribution in [-0.4, -0.2) is 36.0 Å². The van der Waals surface area contributed by atoms with E-state index in [1.165, 1.54) is 6.42 Å². The number of hydrogen-bond donors (Lipinski definition) is 2. The number of ketones is 1. The molecule has 0 saturated carbocycles. The van der Waals surface area contributed by atoms with E-state index in [0.29, 0.717) is 18.2 Å². The molecule has 1 fully saturated rings. The summed E-state index contributed by atoms with van der Waals surface area (Å²) in [4.78, 5) is 24.7. The van der Waals surface area contributed by atoms with Crippen molar-refractivity contribution in [3.63, 3.8) is 0 Å². The number of nitrogens with zero attached hydrogens (tertiary/aromatic N) is 3. The van der Waals surface area contributed by atoms with E-state index in [1.54, 1.807) is 7.11 Å². The van der Waals surface area contributed by atoms with Gasteiger partial charge in [0.25, 0.3) is 0 Å². The molecule has 0 unspecified atom stereocenters. The number of rotatable bonds is 3. The molecule has 1 atom stereocenters. The van der Waals surface area contributed by atoms with E-state index in [4.69, 9.17) is 15.5 Å². The second-order valence-electron chi connectivity index (χ2n) is 8.22. The van der Waals surface area contributed by atoms with E-state index in [-0.39, 0.29) is 11.7 Å². The van der Waals surface area contributed by atoms with Crippen LogP contribution in [0.3, 0.4) is 0 Å². The molecule has 3 heterocycles. The molecule has 0 amide bonds. The van der Waals surface area contributed by atoms with Crippen LogP contribution in [0, 0.1) is 0 Å². The molecule has 7 nitrogen and oxygen atoms in total. The van der Waals surface area contributed by atoms with Gasteiger partial charge in [-0.3, -0.25) is 4.79 Å². The third-order valence-electron chi connectivity index (χ3n) is 6.33. The van der Waals surface area contributed by atoms with Gasteiger partial charge in [0.05, 0.1) is 7.11 Å². The summed E-state index contributed by atoms with van der Waals surface area (Å²) in [7, 11) is 1.65. The van der Waals surface area contributed by atoms with E-state index in [0.717, 1.165) is 72.7 Å². The van der Waals surface area contributed by atoms with Gasteiger partial charge in [0.2, 0.25) is 5.95 Å². The molecule has 3 N–H and O–H groups in total. The highest BCUT2D eigenvalue weighted by atomic mass is 16.5. The summed E-state index contributed by atoms with van der Waals surface area (Å²) < 4.78 is 5.44. The summed E-state index contributed by atoms with van der Waals surface area (Å²) in [5, 5.41) is 3.45. The largest absolute Gasteiger partial charge is 0.497 e. The molecule has 0 bridgehead atoms. The molecule has 1 aromatic carbocycles. The van der Waals surface area contributed by atoms with Crippen LogP contribution in [0.4, 0.5) is 17.6 Å². The topological polar surface area (TPSA) is 93.4 Å². The Labute approximate surface area is 176 Å². The molecule has 3 aliphatic rings. The molecule has 1 aromatic heterocycles. The van der Waals surface area contributed by atoms with Gasteiger partial charge in [-0.2, -0.15) is 9.97 Å². The Balaban J connectivity index is 1.66.